The van der Waals surface area contributed by atoms with E-state index in [-0.39, 0.29) is 26.7 Å². The minimum absolute atomic E-state index is 0.00547. The predicted molar refractivity (Wildman–Crippen MR) is 118 cm³/mol. The molecule has 0 heterocycles. The van der Waals surface area contributed by atoms with Crippen LogP contribution in [-0.4, -0.2) is 27.9 Å². The maximum absolute atomic E-state index is 12.8. The zero-order valence-corrected chi connectivity index (χ0v) is 18.4. The molecule has 0 fully saturated rings. The molecule has 0 unspecified atom stereocenters. The predicted octanol–water partition coefficient (Wildman–Crippen LogP) is 3.95. The first-order chi connectivity index (χ1) is 14.5. The largest absolute Gasteiger partial charge is 0.478 e. The van der Waals surface area contributed by atoms with Crippen molar-refractivity contribution in [2.75, 3.05) is 9.44 Å². The molecular weight excluding hydrogens is 464 g/mol. The molecule has 0 radical (unpaired) electrons. The van der Waals surface area contributed by atoms with Gasteiger partial charge in [-0.05, 0) is 61.0 Å². The fourth-order valence-electron chi connectivity index (χ4n) is 2.73. The number of aromatic carboxylic acids is 1. The van der Waals surface area contributed by atoms with Crippen molar-refractivity contribution < 1.29 is 26.7 Å². The topological polar surface area (TPSA) is 130 Å². The van der Waals surface area contributed by atoms with E-state index in [9.17, 15) is 21.6 Å². The molecule has 11 heteroatoms. The molecule has 0 aliphatic rings. The molecule has 3 rings (SSSR count). The molecule has 3 aromatic rings. The molecule has 0 saturated carbocycles. The van der Waals surface area contributed by atoms with Crippen molar-refractivity contribution in [3.63, 3.8) is 0 Å². The first-order valence-electron chi connectivity index (χ1n) is 8.73. The third-order valence-corrected chi connectivity index (χ3v) is 7.34. The van der Waals surface area contributed by atoms with Gasteiger partial charge in [-0.15, -0.1) is 0 Å². The van der Waals surface area contributed by atoms with Gasteiger partial charge in [0.1, 0.15) is 0 Å². The fraction of sp³-hybridized carbons (Fsp3) is 0.0500. The highest BCUT2D eigenvalue weighted by atomic mass is 35.5. The first kappa shape index (κ1) is 22.6. The van der Waals surface area contributed by atoms with Gasteiger partial charge < -0.3 is 5.11 Å². The number of anilines is 2. The van der Waals surface area contributed by atoms with Crippen molar-refractivity contribution >= 4 is 49.0 Å². The van der Waals surface area contributed by atoms with E-state index < -0.39 is 26.0 Å². The van der Waals surface area contributed by atoms with Crippen molar-refractivity contribution in [2.45, 2.75) is 16.7 Å². The Morgan fingerprint density at radius 3 is 2.10 bits per heavy atom. The van der Waals surface area contributed by atoms with E-state index >= 15 is 0 Å². The molecule has 0 aromatic heterocycles. The van der Waals surface area contributed by atoms with Crippen LogP contribution >= 0.6 is 11.6 Å². The number of nitrogens with one attached hydrogen (secondary N) is 2. The van der Waals surface area contributed by atoms with Crippen LogP contribution in [0, 0.1) is 6.92 Å². The highest BCUT2D eigenvalue weighted by molar-refractivity contribution is 7.93. The van der Waals surface area contributed by atoms with Crippen LogP contribution in [0.5, 0.6) is 0 Å². The second kappa shape index (κ2) is 8.58. The maximum Gasteiger partial charge on any atom is 0.335 e. The Labute approximate surface area is 184 Å². The lowest BCUT2D eigenvalue weighted by Crippen LogP contribution is -2.16. The third kappa shape index (κ3) is 5.35. The van der Waals surface area contributed by atoms with Crippen LogP contribution in [0.3, 0.4) is 0 Å². The maximum atomic E-state index is 12.8. The van der Waals surface area contributed by atoms with Gasteiger partial charge in [-0.2, -0.15) is 0 Å². The van der Waals surface area contributed by atoms with Gasteiger partial charge in [0.05, 0.1) is 26.7 Å². The zero-order valence-electron chi connectivity index (χ0n) is 16.0. The van der Waals surface area contributed by atoms with Gasteiger partial charge in [0.25, 0.3) is 20.0 Å². The van der Waals surface area contributed by atoms with E-state index in [2.05, 4.69) is 9.44 Å². The van der Waals surface area contributed by atoms with Crippen LogP contribution in [0.25, 0.3) is 0 Å². The van der Waals surface area contributed by atoms with Crippen molar-refractivity contribution in [3.8, 4) is 0 Å². The van der Waals surface area contributed by atoms with Gasteiger partial charge in [-0.1, -0.05) is 29.8 Å². The summed E-state index contributed by atoms with van der Waals surface area (Å²) in [5.41, 5.74) is 0.394. The highest BCUT2D eigenvalue weighted by Crippen LogP contribution is 2.24. The van der Waals surface area contributed by atoms with E-state index in [1.165, 1.54) is 49.4 Å². The van der Waals surface area contributed by atoms with Gasteiger partial charge in [0.2, 0.25) is 0 Å². The van der Waals surface area contributed by atoms with Crippen molar-refractivity contribution in [1.29, 1.82) is 0 Å². The molecule has 8 nitrogen and oxygen atoms in total. The Morgan fingerprint density at radius 2 is 1.45 bits per heavy atom. The minimum Gasteiger partial charge on any atom is -0.478 e. The van der Waals surface area contributed by atoms with Crippen molar-refractivity contribution in [1.82, 2.24) is 0 Å². The van der Waals surface area contributed by atoms with Crippen LogP contribution in [0.4, 0.5) is 11.4 Å². The Hall–Kier alpha value is -3.08. The summed E-state index contributed by atoms with van der Waals surface area (Å²) < 4.78 is 55.6. The molecule has 0 aliphatic heterocycles. The van der Waals surface area contributed by atoms with Crippen LogP contribution < -0.4 is 9.44 Å². The number of carbonyl (C=O) groups is 1. The van der Waals surface area contributed by atoms with Gasteiger partial charge in [-0.3, -0.25) is 9.44 Å². The van der Waals surface area contributed by atoms with Crippen LogP contribution in [0.2, 0.25) is 5.02 Å². The van der Waals surface area contributed by atoms with E-state index in [1.807, 2.05) is 0 Å². The fourth-order valence-corrected chi connectivity index (χ4v) is 5.33. The van der Waals surface area contributed by atoms with Gasteiger partial charge in [0, 0.05) is 5.02 Å². The number of halogens is 1. The lowest BCUT2D eigenvalue weighted by Gasteiger charge is -2.13. The lowest BCUT2D eigenvalue weighted by molar-refractivity contribution is 0.0696. The summed E-state index contributed by atoms with van der Waals surface area (Å²) in [7, 11) is -8.19. The number of sulfonamides is 2. The molecule has 0 bridgehead atoms. The Bertz CT molecular complexity index is 1370. The summed E-state index contributed by atoms with van der Waals surface area (Å²) in [6.45, 7) is 1.52. The zero-order chi connectivity index (χ0) is 22.8. The normalized spacial score (nSPS) is 11.7. The Balaban J connectivity index is 1.91. The average molecular weight is 481 g/mol. The summed E-state index contributed by atoms with van der Waals surface area (Å²) >= 11 is 5.87. The minimum atomic E-state index is -4.17. The van der Waals surface area contributed by atoms with Gasteiger partial charge in [-0.25, -0.2) is 21.6 Å². The van der Waals surface area contributed by atoms with Gasteiger partial charge in [0.15, 0.2) is 0 Å². The van der Waals surface area contributed by atoms with E-state index in [4.69, 9.17) is 16.7 Å². The SMILES string of the molecule is Cc1ccc(C(=O)O)cc1S(=O)(=O)Nc1cccc(S(=O)(=O)Nc2cccc(Cl)c2)c1. The molecule has 3 aromatic carbocycles. The van der Waals surface area contributed by atoms with Crippen LogP contribution in [0.1, 0.15) is 15.9 Å². The number of benzene rings is 3. The number of rotatable bonds is 7. The van der Waals surface area contributed by atoms with Crippen LogP contribution in [-0.2, 0) is 20.0 Å². The monoisotopic (exact) mass is 480 g/mol. The summed E-state index contributed by atoms with van der Waals surface area (Å²) in [5, 5.41) is 9.47. The summed E-state index contributed by atoms with van der Waals surface area (Å²) in [5.74, 6) is -1.27. The molecule has 0 aliphatic carbocycles. The summed E-state index contributed by atoms with van der Waals surface area (Å²) in [4.78, 5) is 10.8. The number of carboxylic acids is 1. The first-order valence-corrected chi connectivity index (χ1v) is 12.1. The van der Waals surface area contributed by atoms with E-state index in [0.717, 1.165) is 12.1 Å². The third-order valence-electron chi connectivity index (χ3n) is 4.20. The van der Waals surface area contributed by atoms with Gasteiger partial charge >= 0.3 is 5.97 Å². The highest BCUT2D eigenvalue weighted by Gasteiger charge is 2.21. The van der Waals surface area contributed by atoms with Crippen molar-refractivity contribution in [2.24, 2.45) is 0 Å². The molecular formula is C20H17ClN2O6S2. The number of aryl methyl sites for hydroxylation is 1. The smallest absolute Gasteiger partial charge is 0.335 e. The molecule has 0 amide bonds. The summed E-state index contributed by atoms with van der Waals surface area (Å²) in [6, 6.07) is 15.1. The molecule has 3 N–H and O–H groups in total. The molecule has 0 saturated heterocycles. The molecule has 0 spiro atoms. The van der Waals surface area contributed by atoms with Crippen molar-refractivity contribution in [3.05, 3.63) is 82.9 Å². The van der Waals surface area contributed by atoms with E-state index in [0.29, 0.717) is 10.6 Å². The number of hydrogen-bond donors (Lipinski definition) is 3. The number of hydrogen-bond acceptors (Lipinski definition) is 5. The standard InChI is InChI=1S/C20H17ClN2O6S2/c1-13-8-9-14(20(24)25)10-19(13)31(28,29)23-17-6-3-7-18(12-17)30(26,27)22-16-5-2-4-15(21)11-16/h2-12,22-23H,1H3,(H,24,25). The second-order valence-electron chi connectivity index (χ2n) is 6.53. The Morgan fingerprint density at radius 1 is 0.839 bits per heavy atom. The quantitative estimate of drug-likeness (QED) is 0.469. The Kier molecular flexibility index (Phi) is 6.25. The molecule has 0 atom stereocenters. The average Bonchev–Trinajstić information content (AvgIpc) is 2.67. The summed E-state index contributed by atoms with van der Waals surface area (Å²) in [6.07, 6.45) is 0. The lowest BCUT2D eigenvalue weighted by atomic mass is 10.1. The van der Waals surface area contributed by atoms with Crippen LogP contribution in [0.15, 0.2) is 76.5 Å². The second-order valence-corrected chi connectivity index (χ2v) is 10.3. The molecule has 31 heavy (non-hydrogen) atoms. The van der Waals surface area contributed by atoms with E-state index in [1.54, 1.807) is 12.1 Å². The number of carboxylic acid groups (broad SMARTS) is 1. The molecule has 162 valence electrons.